The number of nitrogens with one attached hydrogen (secondary N) is 1. The molecule has 20 heavy (non-hydrogen) atoms. The molecule has 1 unspecified atom stereocenters. The number of nitrogens with two attached hydrogens (primary N) is 1. The van der Waals surface area contributed by atoms with Gasteiger partial charge in [0.2, 0.25) is 5.91 Å². The van der Waals surface area contributed by atoms with Crippen molar-refractivity contribution in [3.8, 4) is 0 Å². The summed E-state index contributed by atoms with van der Waals surface area (Å²) in [5.41, 5.74) is 4.50. The van der Waals surface area contributed by atoms with Crippen molar-refractivity contribution in [1.82, 2.24) is 10.2 Å². The van der Waals surface area contributed by atoms with Gasteiger partial charge in [-0.3, -0.25) is 9.69 Å². The molecule has 7 heteroatoms. The molecule has 0 aromatic rings. The summed E-state index contributed by atoms with van der Waals surface area (Å²) in [5.74, 6) is -0.448. The van der Waals surface area contributed by atoms with Gasteiger partial charge in [-0.2, -0.15) is 13.2 Å². The van der Waals surface area contributed by atoms with E-state index in [9.17, 15) is 18.0 Å². The van der Waals surface area contributed by atoms with Gasteiger partial charge in [0.05, 0.1) is 12.1 Å². The van der Waals surface area contributed by atoms with Gasteiger partial charge in [-0.25, -0.2) is 0 Å². The number of amides is 1. The highest BCUT2D eigenvalue weighted by Gasteiger charge is 2.32. The molecule has 0 saturated heterocycles. The molecular formula is C13H26F3N3O. The molecule has 120 valence electrons. The van der Waals surface area contributed by atoms with Gasteiger partial charge in [-0.15, -0.1) is 0 Å². The van der Waals surface area contributed by atoms with Crippen LogP contribution in [0.25, 0.3) is 0 Å². The number of hydrogen-bond acceptors (Lipinski definition) is 3. The zero-order valence-corrected chi connectivity index (χ0v) is 12.7. The third kappa shape index (κ3) is 7.09. The van der Waals surface area contributed by atoms with E-state index in [2.05, 4.69) is 5.32 Å². The van der Waals surface area contributed by atoms with Crippen molar-refractivity contribution >= 4 is 5.91 Å². The average molecular weight is 297 g/mol. The Bertz CT molecular complexity index is 308. The van der Waals surface area contributed by atoms with Gasteiger partial charge in [0.25, 0.3) is 0 Å². The Labute approximate surface area is 118 Å². The van der Waals surface area contributed by atoms with Gasteiger partial charge in [0.1, 0.15) is 0 Å². The molecule has 0 aliphatic carbocycles. The van der Waals surface area contributed by atoms with Crippen molar-refractivity contribution in [1.29, 1.82) is 0 Å². The van der Waals surface area contributed by atoms with E-state index in [1.807, 2.05) is 0 Å². The summed E-state index contributed by atoms with van der Waals surface area (Å²) in [6.07, 6.45) is -2.44. The fourth-order valence-electron chi connectivity index (χ4n) is 1.91. The van der Waals surface area contributed by atoms with Crippen LogP contribution in [0.2, 0.25) is 0 Å². The van der Waals surface area contributed by atoms with Crippen LogP contribution in [0.1, 0.15) is 40.0 Å². The number of alkyl halides is 3. The van der Waals surface area contributed by atoms with Crippen LogP contribution in [0, 0.1) is 0 Å². The van der Waals surface area contributed by atoms with Crippen molar-refractivity contribution in [2.24, 2.45) is 5.73 Å². The first-order chi connectivity index (χ1) is 9.02. The van der Waals surface area contributed by atoms with Crippen LogP contribution in [-0.4, -0.2) is 48.7 Å². The quantitative estimate of drug-likeness (QED) is 0.639. The van der Waals surface area contributed by atoms with Crippen LogP contribution in [0.3, 0.4) is 0 Å². The predicted molar refractivity (Wildman–Crippen MR) is 73.3 cm³/mol. The van der Waals surface area contributed by atoms with E-state index in [1.165, 1.54) is 4.90 Å². The maximum absolute atomic E-state index is 12.4. The normalized spacial score (nSPS) is 15.7. The van der Waals surface area contributed by atoms with Gasteiger partial charge in [0, 0.05) is 6.04 Å². The SMILES string of the molecule is CNC(C)(CCCCN(CC(F)(F)F)C(C)C)C(N)=O. The molecule has 0 aliphatic rings. The molecule has 0 spiro atoms. The summed E-state index contributed by atoms with van der Waals surface area (Å²) in [4.78, 5) is 12.7. The maximum atomic E-state index is 12.4. The molecule has 0 saturated carbocycles. The summed E-state index contributed by atoms with van der Waals surface area (Å²) < 4.78 is 37.2. The molecule has 0 bridgehead atoms. The number of nitrogens with zero attached hydrogens (tertiary/aromatic N) is 1. The molecule has 0 heterocycles. The van der Waals surface area contributed by atoms with E-state index in [1.54, 1.807) is 27.8 Å². The Morgan fingerprint density at radius 1 is 1.30 bits per heavy atom. The minimum atomic E-state index is -4.18. The van der Waals surface area contributed by atoms with Crippen molar-refractivity contribution in [2.75, 3.05) is 20.1 Å². The van der Waals surface area contributed by atoms with Crippen LogP contribution in [0.5, 0.6) is 0 Å². The average Bonchev–Trinajstić information content (AvgIpc) is 2.30. The van der Waals surface area contributed by atoms with E-state index in [-0.39, 0.29) is 6.04 Å². The molecule has 0 fully saturated rings. The van der Waals surface area contributed by atoms with Crippen LogP contribution in [0.15, 0.2) is 0 Å². The third-order valence-electron chi connectivity index (χ3n) is 3.58. The van der Waals surface area contributed by atoms with Crippen LogP contribution in [0.4, 0.5) is 13.2 Å². The lowest BCUT2D eigenvalue weighted by molar-refractivity contribution is -0.149. The molecule has 0 radical (unpaired) electrons. The summed E-state index contributed by atoms with van der Waals surface area (Å²) in [6, 6.07) is -0.163. The first-order valence-corrected chi connectivity index (χ1v) is 6.81. The van der Waals surface area contributed by atoms with Crippen LogP contribution in [-0.2, 0) is 4.79 Å². The highest BCUT2D eigenvalue weighted by molar-refractivity contribution is 5.84. The first kappa shape index (κ1) is 19.2. The highest BCUT2D eigenvalue weighted by atomic mass is 19.4. The minimum Gasteiger partial charge on any atom is -0.368 e. The second kappa shape index (κ2) is 7.83. The van der Waals surface area contributed by atoms with Gasteiger partial charge in [0.15, 0.2) is 0 Å². The Kier molecular flexibility index (Phi) is 7.51. The number of rotatable bonds is 9. The Morgan fingerprint density at radius 2 is 1.85 bits per heavy atom. The Hall–Kier alpha value is -0.820. The fraction of sp³-hybridized carbons (Fsp3) is 0.923. The first-order valence-electron chi connectivity index (χ1n) is 6.81. The highest BCUT2D eigenvalue weighted by Crippen LogP contribution is 2.19. The van der Waals surface area contributed by atoms with Crippen molar-refractivity contribution in [2.45, 2.75) is 57.8 Å². The standard InChI is InChI=1S/C13H26F3N3O/c1-10(2)19(9-13(14,15)16)8-6-5-7-12(3,18-4)11(17)20/h10,18H,5-9H2,1-4H3,(H2,17,20). The zero-order chi connectivity index (χ0) is 16.0. The van der Waals surface area contributed by atoms with Crippen molar-refractivity contribution in [3.63, 3.8) is 0 Å². The van der Waals surface area contributed by atoms with Gasteiger partial charge >= 0.3 is 6.18 Å². The van der Waals surface area contributed by atoms with Gasteiger partial charge < -0.3 is 11.1 Å². The molecule has 4 nitrogen and oxygen atoms in total. The topological polar surface area (TPSA) is 58.4 Å². The monoisotopic (exact) mass is 297 g/mol. The molecule has 0 aromatic heterocycles. The lowest BCUT2D eigenvalue weighted by atomic mass is 9.94. The van der Waals surface area contributed by atoms with E-state index < -0.39 is 24.2 Å². The Morgan fingerprint density at radius 3 is 2.20 bits per heavy atom. The lowest BCUT2D eigenvalue weighted by Gasteiger charge is -2.29. The number of likely N-dealkylation sites (N-methyl/N-ethyl adjacent to an activating group) is 1. The maximum Gasteiger partial charge on any atom is 0.401 e. The molecular weight excluding hydrogens is 271 g/mol. The molecule has 1 amide bonds. The molecule has 3 N–H and O–H groups in total. The second-order valence-corrected chi connectivity index (χ2v) is 5.58. The van der Waals surface area contributed by atoms with Crippen molar-refractivity contribution < 1.29 is 18.0 Å². The van der Waals surface area contributed by atoms with Gasteiger partial charge in [-0.1, -0.05) is 0 Å². The lowest BCUT2D eigenvalue weighted by Crippen LogP contribution is -2.51. The van der Waals surface area contributed by atoms with Crippen LogP contribution >= 0.6 is 0 Å². The number of carbonyl (C=O) groups is 1. The Balaban J connectivity index is 4.23. The van der Waals surface area contributed by atoms with Crippen molar-refractivity contribution in [3.05, 3.63) is 0 Å². The largest absolute Gasteiger partial charge is 0.401 e. The summed E-state index contributed by atoms with van der Waals surface area (Å²) in [5, 5.41) is 2.86. The number of primary amides is 1. The number of carbonyl (C=O) groups excluding carboxylic acids is 1. The second-order valence-electron chi connectivity index (χ2n) is 5.58. The number of halogens is 3. The summed E-state index contributed by atoms with van der Waals surface area (Å²) in [6.45, 7) is 4.64. The summed E-state index contributed by atoms with van der Waals surface area (Å²) in [7, 11) is 1.65. The minimum absolute atomic E-state index is 0.163. The predicted octanol–water partition coefficient (Wildman–Crippen LogP) is 1.89. The number of hydrogen-bond donors (Lipinski definition) is 2. The van der Waals surface area contributed by atoms with Gasteiger partial charge in [-0.05, 0) is 53.6 Å². The molecule has 0 rings (SSSR count). The fourth-order valence-corrected chi connectivity index (χ4v) is 1.91. The molecule has 1 atom stereocenters. The summed E-state index contributed by atoms with van der Waals surface area (Å²) >= 11 is 0. The molecule has 0 aromatic carbocycles. The number of unbranched alkanes of at least 4 members (excludes halogenated alkanes) is 1. The van der Waals surface area contributed by atoms with Crippen LogP contribution < -0.4 is 11.1 Å². The third-order valence-corrected chi connectivity index (χ3v) is 3.58. The van der Waals surface area contributed by atoms with E-state index in [0.29, 0.717) is 25.8 Å². The zero-order valence-electron chi connectivity index (χ0n) is 12.7. The van der Waals surface area contributed by atoms with E-state index in [0.717, 1.165) is 0 Å². The molecule has 0 aliphatic heterocycles. The van der Waals surface area contributed by atoms with E-state index in [4.69, 9.17) is 5.73 Å². The van der Waals surface area contributed by atoms with E-state index >= 15 is 0 Å². The smallest absolute Gasteiger partial charge is 0.368 e.